The second-order valence-electron chi connectivity index (χ2n) is 7.05. The lowest BCUT2D eigenvalue weighted by Crippen LogP contribution is -2.30. The first kappa shape index (κ1) is 24.7. The maximum absolute atomic E-state index is 5.79. The van der Waals surface area contributed by atoms with Crippen LogP contribution in [0.1, 0.15) is 18.3 Å². The van der Waals surface area contributed by atoms with E-state index in [1.54, 1.807) is 17.1 Å². The first-order valence-electron chi connectivity index (χ1n) is 10.4. The molecule has 0 aliphatic rings. The molecular weight excluding hydrogens is 402 g/mol. The SMILES string of the molecule is CCOCCOCCOCCn1cc(CN(C/C(=C/N)N(C)C)Cc2cn[nH]n2)nn1. The predicted octanol–water partition coefficient (Wildman–Crippen LogP) is -0.170. The van der Waals surface area contributed by atoms with Gasteiger partial charge in [-0.05, 0) is 6.92 Å². The summed E-state index contributed by atoms with van der Waals surface area (Å²) in [5.41, 5.74) is 8.49. The number of nitrogens with zero attached hydrogens (tertiary/aromatic N) is 7. The third kappa shape index (κ3) is 9.87. The summed E-state index contributed by atoms with van der Waals surface area (Å²) in [5.74, 6) is 0. The molecule has 2 aromatic rings. The van der Waals surface area contributed by atoms with Crippen LogP contribution >= 0.6 is 0 Å². The van der Waals surface area contributed by atoms with E-state index in [-0.39, 0.29) is 0 Å². The Kier molecular flexibility index (Phi) is 11.5. The fourth-order valence-corrected chi connectivity index (χ4v) is 2.76. The molecule has 0 aliphatic carbocycles. The van der Waals surface area contributed by atoms with E-state index in [0.29, 0.717) is 65.8 Å². The first-order chi connectivity index (χ1) is 15.1. The van der Waals surface area contributed by atoms with Crippen LogP contribution in [0.3, 0.4) is 0 Å². The van der Waals surface area contributed by atoms with Crippen LogP contribution in [-0.4, -0.2) is 100 Å². The van der Waals surface area contributed by atoms with Crippen LogP contribution in [0.15, 0.2) is 24.3 Å². The largest absolute Gasteiger partial charge is 0.403 e. The first-order valence-corrected chi connectivity index (χ1v) is 10.4. The predicted molar refractivity (Wildman–Crippen MR) is 115 cm³/mol. The topological polar surface area (TPSA) is 132 Å². The molecule has 3 N–H and O–H groups in total. The van der Waals surface area contributed by atoms with Gasteiger partial charge >= 0.3 is 0 Å². The number of likely N-dealkylation sites (N-methyl/N-ethyl adjacent to an activating group) is 1. The van der Waals surface area contributed by atoms with Crippen molar-refractivity contribution in [3.05, 3.63) is 35.7 Å². The molecule has 0 unspecified atom stereocenters. The highest BCUT2D eigenvalue weighted by molar-refractivity contribution is 5.03. The summed E-state index contributed by atoms with van der Waals surface area (Å²) >= 11 is 0. The van der Waals surface area contributed by atoms with E-state index >= 15 is 0 Å². The maximum Gasteiger partial charge on any atom is 0.0967 e. The van der Waals surface area contributed by atoms with Crippen molar-refractivity contribution >= 4 is 0 Å². The van der Waals surface area contributed by atoms with Crippen molar-refractivity contribution in [2.24, 2.45) is 5.73 Å². The molecule has 0 amide bonds. The van der Waals surface area contributed by atoms with Crippen molar-refractivity contribution in [2.75, 3.05) is 60.3 Å². The Bertz CT molecular complexity index is 734. The Morgan fingerprint density at radius 2 is 1.81 bits per heavy atom. The molecule has 2 rings (SSSR count). The van der Waals surface area contributed by atoms with Gasteiger partial charge in [-0.2, -0.15) is 15.4 Å². The van der Waals surface area contributed by atoms with Gasteiger partial charge in [0.15, 0.2) is 0 Å². The molecule has 0 aromatic carbocycles. The van der Waals surface area contributed by atoms with E-state index in [9.17, 15) is 0 Å². The number of hydrogen-bond donors (Lipinski definition) is 2. The summed E-state index contributed by atoms with van der Waals surface area (Å²) in [7, 11) is 3.93. The molecule has 0 bridgehead atoms. The molecular formula is C19H35N9O3. The van der Waals surface area contributed by atoms with Crippen molar-refractivity contribution in [2.45, 2.75) is 26.6 Å². The normalized spacial score (nSPS) is 12.1. The summed E-state index contributed by atoms with van der Waals surface area (Å²) < 4.78 is 18.0. The number of rotatable bonds is 17. The van der Waals surface area contributed by atoms with Gasteiger partial charge in [-0.25, -0.2) is 4.68 Å². The molecule has 0 fully saturated rings. The summed E-state index contributed by atoms with van der Waals surface area (Å²) in [6, 6.07) is 0. The zero-order valence-corrected chi connectivity index (χ0v) is 18.7. The van der Waals surface area contributed by atoms with Crippen LogP contribution in [-0.2, 0) is 33.8 Å². The van der Waals surface area contributed by atoms with Gasteiger partial charge in [0.05, 0.1) is 57.2 Å². The van der Waals surface area contributed by atoms with Crippen molar-refractivity contribution in [1.82, 2.24) is 40.2 Å². The smallest absolute Gasteiger partial charge is 0.0967 e. The molecule has 12 nitrogen and oxygen atoms in total. The quantitative estimate of drug-likeness (QED) is 0.321. The molecule has 0 aliphatic heterocycles. The zero-order chi connectivity index (χ0) is 22.3. The molecule has 0 spiro atoms. The van der Waals surface area contributed by atoms with Crippen LogP contribution < -0.4 is 5.73 Å². The van der Waals surface area contributed by atoms with Crippen LogP contribution in [0.25, 0.3) is 0 Å². The molecule has 0 radical (unpaired) electrons. The second-order valence-corrected chi connectivity index (χ2v) is 7.05. The van der Waals surface area contributed by atoms with Crippen LogP contribution in [0, 0.1) is 0 Å². The van der Waals surface area contributed by atoms with E-state index in [1.165, 1.54) is 0 Å². The lowest BCUT2D eigenvalue weighted by atomic mass is 10.3. The van der Waals surface area contributed by atoms with Gasteiger partial charge in [0, 0.05) is 58.4 Å². The molecule has 0 saturated heterocycles. The average Bonchev–Trinajstić information content (AvgIpc) is 3.42. The second kappa shape index (κ2) is 14.5. The highest BCUT2D eigenvalue weighted by Crippen LogP contribution is 2.10. The Hall–Kier alpha value is -2.54. The van der Waals surface area contributed by atoms with Gasteiger partial charge in [-0.15, -0.1) is 5.10 Å². The Balaban J connectivity index is 1.76. The average molecular weight is 438 g/mol. The maximum atomic E-state index is 5.79. The van der Waals surface area contributed by atoms with Crippen molar-refractivity contribution in [1.29, 1.82) is 0 Å². The number of aromatic amines is 1. The fraction of sp³-hybridized carbons (Fsp3) is 0.684. The summed E-state index contributed by atoms with van der Waals surface area (Å²) in [5, 5.41) is 19.2. The number of nitrogens with two attached hydrogens (primary N) is 1. The monoisotopic (exact) mass is 437 g/mol. The molecule has 174 valence electrons. The minimum Gasteiger partial charge on any atom is -0.403 e. The number of hydrogen-bond acceptors (Lipinski definition) is 10. The lowest BCUT2D eigenvalue weighted by molar-refractivity contribution is 0.0150. The van der Waals surface area contributed by atoms with Crippen LogP contribution in [0.4, 0.5) is 0 Å². The molecule has 0 atom stereocenters. The van der Waals surface area contributed by atoms with E-state index in [4.69, 9.17) is 19.9 Å². The van der Waals surface area contributed by atoms with Crippen molar-refractivity contribution in [3.8, 4) is 0 Å². The fourth-order valence-electron chi connectivity index (χ4n) is 2.76. The Morgan fingerprint density at radius 1 is 1.10 bits per heavy atom. The summed E-state index contributed by atoms with van der Waals surface area (Å²) in [6.07, 6.45) is 5.26. The van der Waals surface area contributed by atoms with E-state index in [0.717, 1.165) is 17.1 Å². The van der Waals surface area contributed by atoms with Gasteiger partial charge < -0.3 is 24.8 Å². The van der Waals surface area contributed by atoms with Gasteiger partial charge in [0.2, 0.25) is 0 Å². The third-order valence-corrected chi connectivity index (χ3v) is 4.39. The molecule has 0 saturated carbocycles. The van der Waals surface area contributed by atoms with Crippen LogP contribution in [0.2, 0.25) is 0 Å². The van der Waals surface area contributed by atoms with Gasteiger partial charge in [-0.3, -0.25) is 4.90 Å². The summed E-state index contributed by atoms with van der Waals surface area (Å²) in [6.45, 7) is 7.99. The summed E-state index contributed by atoms with van der Waals surface area (Å²) in [4.78, 5) is 4.17. The highest BCUT2D eigenvalue weighted by atomic mass is 16.5. The van der Waals surface area contributed by atoms with Gasteiger partial charge in [0.25, 0.3) is 0 Å². The molecule has 2 aromatic heterocycles. The van der Waals surface area contributed by atoms with E-state index < -0.39 is 0 Å². The van der Waals surface area contributed by atoms with Gasteiger partial charge in [-0.1, -0.05) is 5.21 Å². The number of aromatic nitrogens is 6. The van der Waals surface area contributed by atoms with Crippen molar-refractivity contribution < 1.29 is 14.2 Å². The zero-order valence-electron chi connectivity index (χ0n) is 18.7. The Morgan fingerprint density at radius 3 is 2.45 bits per heavy atom. The molecule has 31 heavy (non-hydrogen) atoms. The van der Waals surface area contributed by atoms with E-state index in [1.807, 2.05) is 32.1 Å². The molecule has 2 heterocycles. The highest BCUT2D eigenvalue weighted by Gasteiger charge is 2.14. The lowest BCUT2D eigenvalue weighted by Gasteiger charge is -2.25. The standard InChI is InChI=1S/C19H35N9O3/c1-4-29-7-8-31-10-9-30-6-5-28-15-18(23-25-28)14-27(13-17-12-21-24-22-17)16-19(11-20)26(2)3/h11-12,15H,4-10,13-14,16,20H2,1-3H3,(H,21,22,24)/b19-11-. The number of nitrogens with one attached hydrogen (secondary N) is 1. The molecule has 12 heteroatoms. The van der Waals surface area contributed by atoms with E-state index in [2.05, 4.69) is 30.6 Å². The number of ether oxygens (including phenoxy) is 3. The van der Waals surface area contributed by atoms with Crippen molar-refractivity contribution in [3.63, 3.8) is 0 Å². The minimum atomic E-state index is 0.540. The number of H-pyrrole nitrogens is 1. The Labute approximate surface area is 183 Å². The van der Waals surface area contributed by atoms with Crippen LogP contribution in [0.5, 0.6) is 0 Å². The third-order valence-electron chi connectivity index (χ3n) is 4.39. The minimum absolute atomic E-state index is 0.540. The van der Waals surface area contributed by atoms with Gasteiger partial charge in [0.1, 0.15) is 0 Å².